The maximum absolute atomic E-state index is 9.33. The van der Waals surface area contributed by atoms with E-state index in [1.165, 1.54) is 0 Å². The molecule has 70 valence electrons. The Morgan fingerprint density at radius 3 is 2.08 bits per heavy atom. The Labute approximate surface area is 80.5 Å². The number of hydrogen-bond acceptors (Lipinski definition) is 3. The van der Waals surface area contributed by atoms with Gasteiger partial charge in [0.25, 0.3) is 0 Å². The second-order valence-corrected chi connectivity index (χ2v) is 2.86. The van der Waals surface area contributed by atoms with Crippen LogP contribution in [-0.4, -0.2) is 21.2 Å². The van der Waals surface area contributed by atoms with Crippen LogP contribution in [0.1, 0.15) is 5.56 Å². The Morgan fingerprint density at radius 2 is 1.69 bits per heavy atom. The summed E-state index contributed by atoms with van der Waals surface area (Å²) in [5.41, 5.74) is 0.574. The molecule has 0 radical (unpaired) electrons. The van der Waals surface area contributed by atoms with Crippen LogP contribution in [0, 0.1) is 0 Å². The van der Waals surface area contributed by atoms with Crippen LogP contribution in [0.4, 0.5) is 0 Å². The first-order valence-electron chi connectivity index (χ1n) is 3.55. The molecule has 0 aliphatic rings. The molecule has 0 fully saturated rings. The molecule has 0 bridgehead atoms. The summed E-state index contributed by atoms with van der Waals surface area (Å²) in [6.07, 6.45) is 0. The van der Waals surface area contributed by atoms with E-state index >= 15 is 0 Å². The van der Waals surface area contributed by atoms with Gasteiger partial charge in [-0.05, 0) is 5.57 Å². The van der Waals surface area contributed by atoms with E-state index in [1.54, 1.807) is 0 Å². The average Bonchev–Trinajstić information content (AvgIpc) is 2.02. The second-order valence-electron chi connectivity index (χ2n) is 2.60. The third kappa shape index (κ3) is 1.87. The Morgan fingerprint density at radius 1 is 1.23 bits per heavy atom. The highest BCUT2D eigenvalue weighted by molar-refractivity contribution is 6.23. The molecule has 0 amide bonds. The van der Waals surface area contributed by atoms with Gasteiger partial charge in [-0.1, -0.05) is 6.58 Å². The number of phenolic OH excluding ortho intramolecular Hbond substituents is 3. The van der Waals surface area contributed by atoms with Crippen molar-refractivity contribution >= 4 is 17.2 Å². The van der Waals surface area contributed by atoms with E-state index in [0.29, 0.717) is 5.57 Å². The van der Waals surface area contributed by atoms with E-state index in [4.69, 9.17) is 16.7 Å². The fraction of sp³-hybridized carbons (Fsp3) is 0.111. The van der Waals surface area contributed by atoms with Crippen LogP contribution in [-0.2, 0) is 0 Å². The van der Waals surface area contributed by atoms with Gasteiger partial charge in [0.2, 0.25) is 0 Å². The van der Waals surface area contributed by atoms with Crippen LogP contribution >= 0.6 is 11.6 Å². The monoisotopic (exact) mass is 200 g/mol. The van der Waals surface area contributed by atoms with Crippen LogP contribution in [0.3, 0.4) is 0 Å². The summed E-state index contributed by atoms with van der Waals surface area (Å²) in [5, 5.41) is 27.7. The van der Waals surface area contributed by atoms with Crippen molar-refractivity contribution < 1.29 is 15.3 Å². The number of alkyl halides is 1. The van der Waals surface area contributed by atoms with Crippen LogP contribution in [0.15, 0.2) is 18.7 Å². The van der Waals surface area contributed by atoms with Gasteiger partial charge >= 0.3 is 0 Å². The molecule has 0 spiro atoms. The lowest BCUT2D eigenvalue weighted by molar-refractivity contribution is 0.426. The largest absolute Gasteiger partial charge is 0.508 e. The number of aromatic hydroxyl groups is 3. The van der Waals surface area contributed by atoms with Crippen molar-refractivity contribution in [3.8, 4) is 17.2 Å². The lowest BCUT2D eigenvalue weighted by atomic mass is 10.1. The molecule has 0 aliphatic carbocycles. The van der Waals surface area contributed by atoms with Crippen molar-refractivity contribution in [1.82, 2.24) is 0 Å². The SMILES string of the molecule is C=C(CCl)c1c(O)cc(O)cc1O. The molecular formula is C9H9ClO3. The molecule has 0 aliphatic heterocycles. The second kappa shape index (κ2) is 3.58. The third-order valence-corrected chi connectivity index (χ3v) is 1.92. The van der Waals surface area contributed by atoms with Crippen LogP contribution in [0.5, 0.6) is 17.2 Å². The Hall–Kier alpha value is -1.35. The minimum atomic E-state index is -0.233. The van der Waals surface area contributed by atoms with Gasteiger partial charge < -0.3 is 15.3 Å². The first-order chi connectivity index (χ1) is 6.06. The molecule has 1 aromatic rings. The van der Waals surface area contributed by atoms with Crippen molar-refractivity contribution in [2.24, 2.45) is 0 Å². The molecule has 13 heavy (non-hydrogen) atoms. The van der Waals surface area contributed by atoms with E-state index in [0.717, 1.165) is 12.1 Å². The number of hydrogen-bond donors (Lipinski definition) is 3. The lowest BCUT2D eigenvalue weighted by Crippen LogP contribution is -1.86. The predicted molar refractivity (Wildman–Crippen MR) is 51.2 cm³/mol. The zero-order valence-electron chi connectivity index (χ0n) is 6.79. The average molecular weight is 201 g/mol. The first-order valence-corrected chi connectivity index (χ1v) is 4.08. The summed E-state index contributed by atoms with van der Waals surface area (Å²) < 4.78 is 0. The molecule has 0 saturated heterocycles. The number of allylic oxidation sites excluding steroid dienone is 1. The van der Waals surface area contributed by atoms with E-state index in [2.05, 4.69) is 6.58 Å². The number of phenols is 3. The van der Waals surface area contributed by atoms with Crippen LogP contribution in [0.25, 0.3) is 5.57 Å². The van der Waals surface area contributed by atoms with Gasteiger partial charge in [-0.3, -0.25) is 0 Å². The lowest BCUT2D eigenvalue weighted by Gasteiger charge is -2.07. The van der Waals surface area contributed by atoms with Gasteiger partial charge in [-0.25, -0.2) is 0 Å². The van der Waals surface area contributed by atoms with Gasteiger partial charge in [0.1, 0.15) is 17.2 Å². The maximum Gasteiger partial charge on any atom is 0.130 e. The standard InChI is InChI=1S/C9H9ClO3/c1-5(4-10)9-7(12)2-6(11)3-8(9)13/h2-3,11-13H,1,4H2. The Balaban J connectivity index is 3.28. The summed E-state index contributed by atoms with van der Waals surface area (Å²) in [4.78, 5) is 0. The third-order valence-electron chi connectivity index (χ3n) is 1.60. The minimum absolute atomic E-state index is 0.103. The normalized spacial score (nSPS) is 9.92. The smallest absolute Gasteiger partial charge is 0.130 e. The zero-order chi connectivity index (χ0) is 10.0. The van der Waals surface area contributed by atoms with Crippen molar-refractivity contribution in [2.45, 2.75) is 0 Å². The summed E-state index contributed by atoms with van der Waals surface area (Å²) in [6.45, 7) is 3.56. The molecule has 0 aromatic heterocycles. The molecule has 4 heteroatoms. The molecule has 1 rings (SSSR count). The van der Waals surface area contributed by atoms with Gasteiger partial charge in [-0.15, -0.1) is 11.6 Å². The predicted octanol–water partition coefficient (Wildman–Crippen LogP) is 2.06. The van der Waals surface area contributed by atoms with Crippen molar-refractivity contribution in [1.29, 1.82) is 0 Å². The maximum atomic E-state index is 9.33. The van der Waals surface area contributed by atoms with Crippen LogP contribution in [0.2, 0.25) is 0 Å². The number of rotatable bonds is 2. The highest BCUT2D eigenvalue weighted by Crippen LogP contribution is 2.36. The molecule has 3 N–H and O–H groups in total. The molecule has 1 aromatic carbocycles. The van der Waals surface area contributed by atoms with Crippen molar-refractivity contribution in [3.05, 3.63) is 24.3 Å². The molecule has 0 atom stereocenters. The first kappa shape index (κ1) is 9.74. The topological polar surface area (TPSA) is 60.7 Å². The fourth-order valence-corrected chi connectivity index (χ4v) is 1.16. The number of benzene rings is 1. The van der Waals surface area contributed by atoms with Crippen molar-refractivity contribution in [3.63, 3.8) is 0 Å². The van der Waals surface area contributed by atoms with E-state index in [1.807, 2.05) is 0 Å². The van der Waals surface area contributed by atoms with E-state index in [9.17, 15) is 10.2 Å². The van der Waals surface area contributed by atoms with Gasteiger partial charge in [-0.2, -0.15) is 0 Å². The quantitative estimate of drug-likeness (QED) is 0.641. The molecule has 3 nitrogen and oxygen atoms in total. The summed E-state index contributed by atoms with van der Waals surface area (Å²) in [5.74, 6) is -0.571. The minimum Gasteiger partial charge on any atom is -0.508 e. The molecule has 0 saturated carbocycles. The van der Waals surface area contributed by atoms with Crippen molar-refractivity contribution in [2.75, 3.05) is 5.88 Å². The molecule has 0 unspecified atom stereocenters. The van der Waals surface area contributed by atoms with Crippen LogP contribution < -0.4 is 0 Å². The molecular weight excluding hydrogens is 192 g/mol. The van der Waals surface area contributed by atoms with E-state index in [-0.39, 0.29) is 28.7 Å². The Kier molecular flexibility index (Phi) is 2.68. The summed E-state index contributed by atoms with van der Waals surface area (Å²) in [6, 6.07) is 2.24. The summed E-state index contributed by atoms with van der Waals surface area (Å²) in [7, 11) is 0. The molecule has 0 heterocycles. The van der Waals surface area contributed by atoms with Gasteiger partial charge in [0.15, 0.2) is 0 Å². The van der Waals surface area contributed by atoms with Gasteiger partial charge in [0, 0.05) is 18.0 Å². The van der Waals surface area contributed by atoms with E-state index < -0.39 is 0 Å². The number of halogens is 1. The highest BCUT2D eigenvalue weighted by Gasteiger charge is 2.11. The zero-order valence-corrected chi connectivity index (χ0v) is 7.54. The highest BCUT2D eigenvalue weighted by atomic mass is 35.5. The van der Waals surface area contributed by atoms with Gasteiger partial charge in [0.05, 0.1) is 5.56 Å². The Bertz CT molecular complexity index is 324. The summed E-state index contributed by atoms with van der Waals surface area (Å²) >= 11 is 5.49. The fourth-order valence-electron chi connectivity index (χ4n) is 1.03.